The minimum Gasteiger partial charge on any atom is -0.297 e. The molecule has 1 aliphatic carbocycles. The lowest BCUT2D eigenvalue weighted by atomic mass is 9.85. The van der Waals surface area contributed by atoms with Gasteiger partial charge in [-0.15, -0.1) is 0 Å². The average molecular weight is 299 g/mol. The summed E-state index contributed by atoms with van der Waals surface area (Å²) in [5, 5.41) is 0. The molecule has 2 aromatic rings. The van der Waals surface area contributed by atoms with Crippen molar-refractivity contribution in [2.45, 2.75) is 52.1 Å². The highest BCUT2D eigenvalue weighted by Crippen LogP contribution is 2.27. The molecule has 4 nitrogen and oxygen atoms in total. The third-order valence-corrected chi connectivity index (χ3v) is 4.90. The molecule has 0 aliphatic heterocycles. The van der Waals surface area contributed by atoms with E-state index in [1.807, 2.05) is 25.3 Å². The molecule has 2 unspecified atom stereocenters. The molecular weight excluding hydrogens is 274 g/mol. The van der Waals surface area contributed by atoms with Gasteiger partial charge in [-0.25, -0.2) is 4.98 Å². The van der Waals surface area contributed by atoms with Crippen LogP contribution < -0.4 is 5.56 Å². The Kier molecular flexibility index (Phi) is 4.30. The van der Waals surface area contributed by atoms with Gasteiger partial charge < -0.3 is 0 Å². The Balaban J connectivity index is 1.84. The maximum atomic E-state index is 12.3. The van der Waals surface area contributed by atoms with Crippen molar-refractivity contribution in [3.63, 3.8) is 0 Å². The first kappa shape index (κ1) is 15.2. The minimum absolute atomic E-state index is 0.00814. The van der Waals surface area contributed by atoms with Gasteiger partial charge in [-0.1, -0.05) is 25.8 Å². The summed E-state index contributed by atoms with van der Waals surface area (Å²) in [5.74, 6) is 0.725. The van der Waals surface area contributed by atoms with Gasteiger partial charge in [0.25, 0.3) is 5.56 Å². The highest BCUT2D eigenvalue weighted by atomic mass is 16.1. The predicted molar refractivity (Wildman–Crippen MR) is 89.1 cm³/mol. The van der Waals surface area contributed by atoms with Crippen LogP contribution >= 0.6 is 0 Å². The number of rotatable bonds is 3. The Hall–Kier alpha value is -1.68. The summed E-state index contributed by atoms with van der Waals surface area (Å²) in [5.41, 5.74) is 2.68. The van der Waals surface area contributed by atoms with E-state index in [0.29, 0.717) is 6.04 Å². The zero-order valence-corrected chi connectivity index (χ0v) is 13.7. The number of aryl methyl sites for hydroxylation is 1. The van der Waals surface area contributed by atoms with Crippen molar-refractivity contribution in [3.05, 3.63) is 46.0 Å². The monoisotopic (exact) mass is 299 g/mol. The van der Waals surface area contributed by atoms with Gasteiger partial charge in [0, 0.05) is 24.8 Å². The van der Waals surface area contributed by atoms with Crippen LogP contribution in [0.2, 0.25) is 0 Å². The molecule has 0 saturated heterocycles. The van der Waals surface area contributed by atoms with Crippen LogP contribution in [0.15, 0.2) is 29.2 Å². The van der Waals surface area contributed by atoms with Crippen molar-refractivity contribution in [2.24, 2.45) is 5.92 Å². The Morgan fingerprint density at radius 1 is 1.32 bits per heavy atom. The van der Waals surface area contributed by atoms with E-state index in [2.05, 4.69) is 23.9 Å². The molecule has 1 aliphatic rings. The maximum Gasteiger partial charge on any atom is 0.258 e. The lowest BCUT2D eigenvalue weighted by Gasteiger charge is -2.36. The Morgan fingerprint density at radius 3 is 2.86 bits per heavy atom. The van der Waals surface area contributed by atoms with Gasteiger partial charge >= 0.3 is 0 Å². The highest BCUT2D eigenvalue weighted by molar-refractivity contribution is 5.39. The molecule has 118 valence electrons. The molecule has 0 bridgehead atoms. The molecule has 0 radical (unpaired) electrons. The maximum absolute atomic E-state index is 12.3. The lowest BCUT2D eigenvalue weighted by molar-refractivity contribution is 0.132. The lowest BCUT2D eigenvalue weighted by Crippen LogP contribution is -2.38. The van der Waals surface area contributed by atoms with Crippen LogP contribution in [0.25, 0.3) is 5.65 Å². The number of pyridine rings is 1. The van der Waals surface area contributed by atoms with Gasteiger partial charge in [0.2, 0.25) is 0 Å². The third kappa shape index (κ3) is 3.07. The molecule has 2 aromatic heterocycles. The second kappa shape index (κ2) is 6.21. The average Bonchev–Trinajstić information content (AvgIpc) is 2.48. The number of fused-ring (bicyclic) bond motifs is 1. The van der Waals surface area contributed by atoms with Gasteiger partial charge in [0.1, 0.15) is 5.65 Å². The van der Waals surface area contributed by atoms with Crippen molar-refractivity contribution < 1.29 is 0 Å². The molecule has 22 heavy (non-hydrogen) atoms. The van der Waals surface area contributed by atoms with Gasteiger partial charge in [0.15, 0.2) is 0 Å². The third-order valence-electron chi connectivity index (χ3n) is 4.90. The zero-order valence-electron chi connectivity index (χ0n) is 13.7. The van der Waals surface area contributed by atoms with E-state index >= 15 is 0 Å². The number of nitrogens with zero attached hydrogens (tertiary/aromatic N) is 3. The molecule has 0 spiro atoms. The molecule has 0 aromatic carbocycles. The fourth-order valence-electron chi connectivity index (χ4n) is 3.66. The van der Waals surface area contributed by atoms with Gasteiger partial charge in [-0.05, 0) is 44.4 Å². The summed E-state index contributed by atoms with van der Waals surface area (Å²) in [4.78, 5) is 19.3. The van der Waals surface area contributed by atoms with Crippen molar-refractivity contribution in [1.29, 1.82) is 0 Å². The molecule has 2 heterocycles. The zero-order chi connectivity index (χ0) is 15.7. The van der Waals surface area contributed by atoms with Crippen LogP contribution in [-0.4, -0.2) is 27.4 Å². The smallest absolute Gasteiger partial charge is 0.258 e. The molecule has 1 fully saturated rings. The van der Waals surface area contributed by atoms with Crippen LogP contribution in [0.1, 0.15) is 43.9 Å². The standard InChI is InChI=1S/C18H25N3O/c1-13-8-9-17-19-15(10-18(22)21(17)11-13)12-20(3)16-7-5-4-6-14(16)2/h8-11,14,16H,4-7,12H2,1-3H3. The van der Waals surface area contributed by atoms with Crippen LogP contribution in [0.3, 0.4) is 0 Å². The molecule has 0 amide bonds. The second-order valence-corrected chi connectivity index (χ2v) is 6.76. The molecule has 4 heteroatoms. The van der Waals surface area contributed by atoms with E-state index < -0.39 is 0 Å². The summed E-state index contributed by atoms with van der Waals surface area (Å²) < 4.78 is 1.63. The van der Waals surface area contributed by atoms with Crippen LogP contribution in [0.5, 0.6) is 0 Å². The minimum atomic E-state index is 0.00814. The molecule has 1 saturated carbocycles. The molecule has 2 atom stereocenters. The fraction of sp³-hybridized carbons (Fsp3) is 0.556. The first-order valence-electron chi connectivity index (χ1n) is 8.24. The van der Waals surface area contributed by atoms with E-state index in [4.69, 9.17) is 0 Å². The summed E-state index contributed by atoms with van der Waals surface area (Å²) in [7, 11) is 2.16. The molecular formula is C18H25N3O. The summed E-state index contributed by atoms with van der Waals surface area (Å²) in [6.45, 7) is 5.07. The highest BCUT2D eigenvalue weighted by Gasteiger charge is 2.25. The van der Waals surface area contributed by atoms with Gasteiger partial charge in [-0.3, -0.25) is 14.1 Å². The normalized spacial score (nSPS) is 22.4. The van der Waals surface area contributed by atoms with Gasteiger partial charge in [-0.2, -0.15) is 0 Å². The van der Waals surface area contributed by atoms with Crippen molar-refractivity contribution in [2.75, 3.05) is 7.05 Å². The van der Waals surface area contributed by atoms with E-state index in [0.717, 1.165) is 29.4 Å². The first-order chi connectivity index (χ1) is 10.5. The Bertz CT molecular complexity index is 722. The molecule has 3 rings (SSSR count). The number of hydrogen-bond donors (Lipinski definition) is 0. The van der Waals surface area contributed by atoms with E-state index in [1.54, 1.807) is 10.5 Å². The predicted octanol–water partition coefficient (Wildman–Crippen LogP) is 3.01. The quantitative estimate of drug-likeness (QED) is 0.874. The van der Waals surface area contributed by atoms with Crippen LogP contribution in [-0.2, 0) is 6.54 Å². The van der Waals surface area contributed by atoms with Crippen LogP contribution in [0.4, 0.5) is 0 Å². The number of aromatic nitrogens is 2. The van der Waals surface area contributed by atoms with Crippen LogP contribution in [0, 0.1) is 12.8 Å². The summed E-state index contributed by atoms with van der Waals surface area (Å²) in [6, 6.07) is 6.20. The topological polar surface area (TPSA) is 37.6 Å². The second-order valence-electron chi connectivity index (χ2n) is 6.76. The largest absolute Gasteiger partial charge is 0.297 e. The van der Waals surface area contributed by atoms with E-state index in [-0.39, 0.29) is 5.56 Å². The fourth-order valence-corrected chi connectivity index (χ4v) is 3.66. The summed E-state index contributed by atoms with van der Waals surface area (Å²) >= 11 is 0. The van der Waals surface area contributed by atoms with Crippen molar-refractivity contribution >= 4 is 5.65 Å². The summed E-state index contributed by atoms with van der Waals surface area (Å²) in [6.07, 6.45) is 7.07. The van der Waals surface area contributed by atoms with E-state index in [9.17, 15) is 4.79 Å². The SMILES string of the molecule is Cc1ccc2nc(CN(C)C3CCCCC3C)cc(=O)n2c1. The first-order valence-corrected chi connectivity index (χ1v) is 8.24. The van der Waals surface area contributed by atoms with Gasteiger partial charge in [0.05, 0.1) is 5.69 Å². The van der Waals surface area contributed by atoms with Crippen molar-refractivity contribution in [1.82, 2.24) is 14.3 Å². The van der Waals surface area contributed by atoms with E-state index in [1.165, 1.54) is 25.7 Å². The Morgan fingerprint density at radius 2 is 2.09 bits per heavy atom. The molecule has 0 N–H and O–H groups in total. The van der Waals surface area contributed by atoms with Crippen molar-refractivity contribution in [3.8, 4) is 0 Å². The Labute approximate surface area is 131 Å². The number of hydrogen-bond acceptors (Lipinski definition) is 3.